The van der Waals surface area contributed by atoms with Crippen LogP contribution in [0.3, 0.4) is 0 Å². The van der Waals surface area contributed by atoms with Gasteiger partial charge >= 0.3 is 0 Å². The topological polar surface area (TPSA) is 48.1 Å². The van der Waals surface area contributed by atoms with Gasteiger partial charge in [0.2, 0.25) is 0 Å². The van der Waals surface area contributed by atoms with Gasteiger partial charge in [-0.15, -0.1) is 0 Å². The summed E-state index contributed by atoms with van der Waals surface area (Å²) >= 11 is 6.96. The van der Waals surface area contributed by atoms with Crippen molar-refractivity contribution in [1.29, 1.82) is 0 Å². The van der Waals surface area contributed by atoms with E-state index in [9.17, 15) is 0 Å². The standard InChI is InChI=1S/C13H12Br2N2O/c14-11-5-9(7-16)6-12(15)13(11)18-8-10-3-1-2-4-17-10/h1-6H,7-8,16H2. The van der Waals surface area contributed by atoms with Crippen molar-refractivity contribution in [2.24, 2.45) is 5.73 Å². The maximum absolute atomic E-state index is 5.76. The van der Waals surface area contributed by atoms with Crippen LogP contribution in [0.2, 0.25) is 0 Å². The summed E-state index contributed by atoms with van der Waals surface area (Å²) in [6.07, 6.45) is 1.75. The number of pyridine rings is 1. The van der Waals surface area contributed by atoms with Crippen LogP contribution in [-0.2, 0) is 13.2 Å². The van der Waals surface area contributed by atoms with E-state index in [1.54, 1.807) is 6.20 Å². The van der Waals surface area contributed by atoms with Crippen LogP contribution in [0.25, 0.3) is 0 Å². The van der Waals surface area contributed by atoms with Crippen molar-refractivity contribution >= 4 is 31.9 Å². The fraction of sp³-hybridized carbons (Fsp3) is 0.154. The molecule has 0 saturated carbocycles. The highest BCUT2D eigenvalue weighted by Crippen LogP contribution is 2.35. The number of ether oxygens (including phenoxy) is 1. The van der Waals surface area contributed by atoms with Crippen LogP contribution in [-0.4, -0.2) is 4.98 Å². The molecule has 94 valence electrons. The lowest BCUT2D eigenvalue weighted by atomic mass is 10.2. The highest BCUT2D eigenvalue weighted by atomic mass is 79.9. The Morgan fingerprint density at radius 2 is 1.89 bits per heavy atom. The summed E-state index contributed by atoms with van der Waals surface area (Å²) < 4.78 is 7.52. The Balaban J connectivity index is 2.15. The lowest BCUT2D eigenvalue weighted by molar-refractivity contribution is 0.297. The van der Waals surface area contributed by atoms with E-state index in [-0.39, 0.29) is 0 Å². The van der Waals surface area contributed by atoms with Crippen molar-refractivity contribution in [3.63, 3.8) is 0 Å². The summed E-state index contributed by atoms with van der Waals surface area (Å²) in [5.41, 5.74) is 7.54. The number of nitrogens with zero attached hydrogens (tertiary/aromatic N) is 1. The second-order valence-corrected chi connectivity index (χ2v) is 5.41. The summed E-state index contributed by atoms with van der Waals surface area (Å²) in [5.74, 6) is 0.762. The van der Waals surface area contributed by atoms with Gasteiger partial charge in [-0.3, -0.25) is 4.98 Å². The highest BCUT2D eigenvalue weighted by Gasteiger charge is 2.09. The number of nitrogens with two attached hydrogens (primary N) is 1. The maximum Gasteiger partial charge on any atom is 0.148 e. The average molecular weight is 372 g/mol. The molecule has 3 nitrogen and oxygen atoms in total. The van der Waals surface area contributed by atoms with E-state index in [1.165, 1.54) is 0 Å². The lowest BCUT2D eigenvalue weighted by Crippen LogP contribution is -2.01. The van der Waals surface area contributed by atoms with Gasteiger partial charge in [0.05, 0.1) is 14.6 Å². The Labute approximate surface area is 123 Å². The summed E-state index contributed by atoms with van der Waals surface area (Å²) in [6.45, 7) is 0.928. The number of benzene rings is 1. The molecule has 0 aliphatic rings. The third-order valence-corrected chi connectivity index (χ3v) is 3.56. The molecule has 0 radical (unpaired) electrons. The SMILES string of the molecule is NCc1cc(Br)c(OCc2ccccn2)c(Br)c1. The zero-order chi connectivity index (χ0) is 13.0. The summed E-state index contributed by atoms with van der Waals surface area (Å²) in [7, 11) is 0. The quantitative estimate of drug-likeness (QED) is 0.892. The van der Waals surface area contributed by atoms with Crippen LogP contribution in [0.5, 0.6) is 5.75 Å². The lowest BCUT2D eigenvalue weighted by Gasteiger charge is -2.11. The summed E-state index contributed by atoms with van der Waals surface area (Å²) in [6, 6.07) is 9.66. The van der Waals surface area contributed by atoms with E-state index in [4.69, 9.17) is 10.5 Å². The van der Waals surface area contributed by atoms with Gasteiger partial charge in [-0.2, -0.15) is 0 Å². The molecule has 0 bridgehead atoms. The normalized spacial score (nSPS) is 10.4. The molecule has 0 fully saturated rings. The molecule has 0 atom stereocenters. The van der Waals surface area contributed by atoms with E-state index in [0.29, 0.717) is 13.2 Å². The number of hydrogen-bond acceptors (Lipinski definition) is 3. The van der Waals surface area contributed by atoms with Gasteiger partial charge in [0.15, 0.2) is 0 Å². The summed E-state index contributed by atoms with van der Waals surface area (Å²) in [5, 5.41) is 0. The van der Waals surface area contributed by atoms with Gasteiger partial charge in [-0.25, -0.2) is 0 Å². The van der Waals surface area contributed by atoms with Crippen LogP contribution < -0.4 is 10.5 Å². The Morgan fingerprint density at radius 3 is 2.44 bits per heavy atom. The van der Waals surface area contributed by atoms with Crippen molar-refractivity contribution < 1.29 is 4.74 Å². The average Bonchev–Trinajstić information content (AvgIpc) is 2.38. The smallest absolute Gasteiger partial charge is 0.148 e. The molecule has 1 heterocycles. The number of aromatic nitrogens is 1. The Hall–Kier alpha value is -0.910. The van der Waals surface area contributed by atoms with Gasteiger partial charge < -0.3 is 10.5 Å². The summed E-state index contributed by atoms with van der Waals surface area (Å²) in [4.78, 5) is 4.21. The number of rotatable bonds is 4. The second-order valence-electron chi connectivity index (χ2n) is 3.70. The Bertz CT molecular complexity index is 509. The monoisotopic (exact) mass is 370 g/mol. The van der Waals surface area contributed by atoms with E-state index in [0.717, 1.165) is 26.0 Å². The molecule has 0 saturated heterocycles. The zero-order valence-electron chi connectivity index (χ0n) is 9.57. The minimum Gasteiger partial charge on any atom is -0.485 e. The van der Waals surface area contributed by atoms with Crippen molar-refractivity contribution in [3.05, 3.63) is 56.7 Å². The van der Waals surface area contributed by atoms with Gasteiger partial charge in [0.1, 0.15) is 12.4 Å². The first kappa shape index (κ1) is 13.5. The molecule has 0 aliphatic heterocycles. The highest BCUT2D eigenvalue weighted by molar-refractivity contribution is 9.11. The fourth-order valence-electron chi connectivity index (χ4n) is 1.50. The number of halogens is 2. The van der Waals surface area contributed by atoms with Crippen molar-refractivity contribution in [2.75, 3.05) is 0 Å². The first-order chi connectivity index (χ1) is 8.70. The third-order valence-electron chi connectivity index (χ3n) is 2.38. The molecule has 2 rings (SSSR count). The van der Waals surface area contributed by atoms with Gasteiger partial charge in [-0.1, -0.05) is 6.07 Å². The van der Waals surface area contributed by atoms with Crippen molar-refractivity contribution in [1.82, 2.24) is 4.98 Å². The maximum atomic E-state index is 5.76. The predicted octanol–water partition coefficient (Wildman–Crippen LogP) is 3.64. The molecule has 5 heteroatoms. The molecule has 1 aromatic heterocycles. The first-order valence-corrected chi connectivity index (χ1v) is 7.00. The van der Waals surface area contributed by atoms with Crippen LogP contribution in [0.1, 0.15) is 11.3 Å². The third kappa shape index (κ3) is 3.31. The van der Waals surface area contributed by atoms with Crippen LogP contribution >= 0.6 is 31.9 Å². The fourth-order valence-corrected chi connectivity index (χ4v) is 3.01. The van der Waals surface area contributed by atoms with E-state index >= 15 is 0 Å². The molecule has 1 aromatic carbocycles. The van der Waals surface area contributed by atoms with Crippen LogP contribution in [0.4, 0.5) is 0 Å². The minimum absolute atomic E-state index is 0.431. The predicted molar refractivity (Wildman–Crippen MR) is 78.3 cm³/mol. The molecule has 0 aliphatic carbocycles. The molecule has 2 aromatic rings. The minimum atomic E-state index is 0.431. The van der Waals surface area contributed by atoms with E-state index < -0.39 is 0 Å². The van der Waals surface area contributed by atoms with Crippen molar-refractivity contribution in [3.8, 4) is 5.75 Å². The van der Waals surface area contributed by atoms with E-state index in [1.807, 2.05) is 30.3 Å². The van der Waals surface area contributed by atoms with Crippen molar-refractivity contribution in [2.45, 2.75) is 13.2 Å². The van der Waals surface area contributed by atoms with E-state index in [2.05, 4.69) is 36.8 Å². The van der Waals surface area contributed by atoms with Crippen LogP contribution in [0.15, 0.2) is 45.5 Å². The van der Waals surface area contributed by atoms with Crippen LogP contribution in [0, 0.1) is 0 Å². The first-order valence-electron chi connectivity index (χ1n) is 5.41. The Kier molecular flexibility index (Phi) is 4.74. The zero-order valence-corrected chi connectivity index (χ0v) is 12.7. The molecule has 0 spiro atoms. The number of hydrogen-bond donors (Lipinski definition) is 1. The Morgan fingerprint density at radius 1 is 1.17 bits per heavy atom. The van der Waals surface area contributed by atoms with Gasteiger partial charge in [0, 0.05) is 12.7 Å². The van der Waals surface area contributed by atoms with Gasteiger partial charge in [0.25, 0.3) is 0 Å². The molecular formula is C13H12Br2N2O. The molecule has 2 N–H and O–H groups in total. The molecule has 0 amide bonds. The van der Waals surface area contributed by atoms with Gasteiger partial charge in [-0.05, 0) is 61.7 Å². The second kappa shape index (κ2) is 6.31. The molecular weight excluding hydrogens is 360 g/mol. The molecule has 18 heavy (non-hydrogen) atoms. The largest absolute Gasteiger partial charge is 0.485 e. The molecule has 0 unspecified atom stereocenters.